The van der Waals surface area contributed by atoms with Crippen molar-refractivity contribution in [3.63, 3.8) is 0 Å². The van der Waals surface area contributed by atoms with Crippen LogP contribution in [-0.4, -0.2) is 42.9 Å². The number of carbonyl (C=O) groups is 1. The maximum atomic E-state index is 13.3. The zero-order valence-electron chi connectivity index (χ0n) is 14.9. The largest absolute Gasteiger partial charge is 0.357 e. The van der Waals surface area contributed by atoms with Gasteiger partial charge >= 0.3 is 0 Å². The highest BCUT2D eigenvalue weighted by atomic mass is 127. The van der Waals surface area contributed by atoms with Gasteiger partial charge < -0.3 is 15.5 Å². The molecular formula is C18H25ClFIN4O. The summed E-state index contributed by atoms with van der Waals surface area (Å²) < 4.78 is 13.3. The van der Waals surface area contributed by atoms with Gasteiger partial charge in [-0.2, -0.15) is 0 Å². The third-order valence-corrected chi connectivity index (χ3v) is 5.18. The van der Waals surface area contributed by atoms with Crippen LogP contribution >= 0.6 is 35.6 Å². The van der Waals surface area contributed by atoms with Gasteiger partial charge in [0.2, 0.25) is 5.91 Å². The second-order valence-corrected chi connectivity index (χ2v) is 7.30. The van der Waals surface area contributed by atoms with Crippen molar-refractivity contribution in [1.82, 2.24) is 15.5 Å². The van der Waals surface area contributed by atoms with Crippen molar-refractivity contribution in [2.24, 2.45) is 10.4 Å². The van der Waals surface area contributed by atoms with Gasteiger partial charge in [-0.15, -0.1) is 24.0 Å². The Morgan fingerprint density at radius 2 is 2.31 bits per heavy atom. The molecule has 3 rings (SSSR count). The molecule has 0 saturated carbocycles. The lowest BCUT2D eigenvalue weighted by Gasteiger charge is -2.40. The number of benzene rings is 1. The fourth-order valence-electron chi connectivity index (χ4n) is 3.66. The summed E-state index contributed by atoms with van der Waals surface area (Å²) in [6, 6.07) is 4.68. The van der Waals surface area contributed by atoms with E-state index in [4.69, 9.17) is 16.6 Å². The number of hydrogen-bond donors (Lipinski definition) is 2. The van der Waals surface area contributed by atoms with Crippen molar-refractivity contribution in [1.29, 1.82) is 0 Å². The SMILES string of the molecule is CCNC(=NCc1ccc(F)c(Cl)c1)N1CCCC2(CNC(=O)C2)C1.I. The van der Waals surface area contributed by atoms with Crippen molar-refractivity contribution in [3.05, 3.63) is 34.6 Å². The number of piperidine rings is 1. The van der Waals surface area contributed by atoms with Gasteiger partial charge in [-0.1, -0.05) is 17.7 Å². The fraction of sp³-hybridized carbons (Fsp3) is 0.556. The quantitative estimate of drug-likeness (QED) is 0.386. The van der Waals surface area contributed by atoms with Crippen LogP contribution < -0.4 is 10.6 Å². The number of guanidine groups is 1. The van der Waals surface area contributed by atoms with E-state index in [2.05, 4.69) is 15.5 Å². The Bertz CT molecular complexity index is 687. The zero-order valence-corrected chi connectivity index (χ0v) is 17.9. The van der Waals surface area contributed by atoms with Gasteiger partial charge in [0.05, 0.1) is 11.6 Å². The normalized spacial score (nSPS) is 23.0. The van der Waals surface area contributed by atoms with Crippen LogP contribution in [0, 0.1) is 11.2 Å². The summed E-state index contributed by atoms with van der Waals surface area (Å²) in [6.45, 7) is 5.72. The number of halogens is 3. The first-order valence-corrected chi connectivity index (χ1v) is 9.13. The van der Waals surface area contributed by atoms with E-state index in [-0.39, 0.29) is 40.3 Å². The van der Waals surface area contributed by atoms with E-state index in [1.165, 1.54) is 6.07 Å². The molecule has 1 atom stereocenters. The maximum absolute atomic E-state index is 13.3. The second kappa shape index (κ2) is 9.21. The lowest BCUT2D eigenvalue weighted by molar-refractivity contribution is -0.119. The van der Waals surface area contributed by atoms with Gasteiger partial charge in [-0.05, 0) is 37.5 Å². The molecule has 1 amide bonds. The van der Waals surface area contributed by atoms with Gasteiger partial charge in [-0.25, -0.2) is 9.38 Å². The molecule has 2 aliphatic rings. The first-order chi connectivity index (χ1) is 12.0. The molecule has 1 spiro atoms. The highest BCUT2D eigenvalue weighted by molar-refractivity contribution is 14.0. The Morgan fingerprint density at radius 3 is 2.96 bits per heavy atom. The Hall–Kier alpha value is -1.09. The van der Waals surface area contributed by atoms with Crippen LogP contribution in [0.4, 0.5) is 4.39 Å². The molecule has 0 radical (unpaired) electrons. The molecular weight excluding hydrogens is 470 g/mol. The van der Waals surface area contributed by atoms with Crippen molar-refractivity contribution in [2.75, 3.05) is 26.2 Å². The van der Waals surface area contributed by atoms with Crippen molar-refractivity contribution in [3.8, 4) is 0 Å². The minimum absolute atomic E-state index is 0. The summed E-state index contributed by atoms with van der Waals surface area (Å²) in [5, 5.41) is 6.41. The number of amides is 1. The molecule has 144 valence electrons. The smallest absolute Gasteiger partial charge is 0.220 e. The number of hydrogen-bond acceptors (Lipinski definition) is 2. The Labute approximate surface area is 175 Å². The van der Waals surface area contributed by atoms with Crippen LogP contribution in [0.3, 0.4) is 0 Å². The average molecular weight is 495 g/mol. The van der Waals surface area contributed by atoms with Gasteiger partial charge in [-0.3, -0.25) is 4.79 Å². The molecule has 0 aliphatic carbocycles. The molecule has 26 heavy (non-hydrogen) atoms. The molecule has 1 unspecified atom stereocenters. The van der Waals surface area contributed by atoms with Crippen molar-refractivity contribution in [2.45, 2.75) is 32.7 Å². The second-order valence-electron chi connectivity index (χ2n) is 6.90. The first kappa shape index (κ1) is 21.2. The molecule has 0 aromatic heterocycles. The Kier molecular flexibility index (Phi) is 7.52. The first-order valence-electron chi connectivity index (χ1n) is 8.75. The van der Waals surface area contributed by atoms with E-state index in [1.54, 1.807) is 12.1 Å². The summed E-state index contributed by atoms with van der Waals surface area (Å²) in [5.74, 6) is 0.559. The van der Waals surface area contributed by atoms with E-state index in [0.717, 1.165) is 50.5 Å². The molecule has 2 heterocycles. The van der Waals surface area contributed by atoms with E-state index in [9.17, 15) is 9.18 Å². The molecule has 2 saturated heterocycles. The molecule has 1 aromatic rings. The van der Waals surface area contributed by atoms with Gasteiger partial charge in [0, 0.05) is 38.0 Å². The molecule has 1 aromatic carbocycles. The van der Waals surface area contributed by atoms with Gasteiger partial charge in [0.25, 0.3) is 0 Å². The van der Waals surface area contributed by atoms with E-state index in [1.807, 2.05) is 6.92 Å². The summed E-state index contributed by atoms with van der Waals surface area (Å²) in [4.78, 5) is 18.6. The number of carbonyl (C=O) groups excluding carboxylic acids is 1. The Balaban J connectivity index is 0.00000243. The third-order valence-electron chi connectivity index (χ3n) is 4.89. The van der Waals surface area contributed by atoms with Crippen LogP contribution in [0.15, 0.2) is 23.2 Å². The monoisotopic (exact) mass is 494 g/mol. The molecule has 2 N–H and O–H groups in total. The maximum Gasteiger partial charge on any atom is 0.220 e. The van der Waals surface area contributed by atoms with E-state index in [0.29, 0.717) is 13.0 Å². The summed E-state index contributed by atoms with van der Waals surface area (Å²) in [6.07, 6.45) is 2.70. The van der Waals surface area contributed by atoms with Crippen LogP contribution in [-0.2, 0) is 11.3 Å². The van der Waals surface area contributed by atoms with Crippen LogP contribution in [0.25, 0.3) is 0 Å². The number of aliphatic imine (C=N–C) groups is 1. The number of likely N-dealkylation sites (tertiary alicyclic amines) is 1. The molecule has 0 bridgehead atoms. The number of nitrogens with one attached hydrogen (secondary N) is 2. The summed E-state index contributed by atoms with van der Waals surface area (Å²) in [7, 11) is 0. The topological polar surface area (TPSA) is 56.7 Å². The van der Waals surface area contributed by atoms with Crippen LogP contribution in [0.1, 0.15) is 31.7 Å². The minimum atomic E-state index is -0.419. The van der Waals surface area contributed by atoms with Gasteiger partial charge in [0.1, 0.15) is 5.82 Å². The molecule has 5 nitrogen and oxygen atoms in total. The van der Waals surface area contributed by atoms with Crippen LogP contribution in [0.5, 0.6) is 0 Å². The minimum Gasteiger partial charge on any atom is -0.357 e. The van der Waals surface area contributed by atoms with E-state index >= 15 is 0 Å². The molecule has 2 aliphatic heterocycles. The fourth-order valence-corrected chi connectivity index (χ4v) is 3.86. The number of rotatable bonds is 3. The Morgan fingerprint density at radius 1 is 1.50 bits per heavy atom. The molecule has 2 fully saturated rings. The summed E-state index contributed by atoms with van der Waals surface area (Å²) >= 11 is 5.85. The average Bonchev–Trinajstić information content (AvgIpc) is 2.94. The predicted octanol–water partition coefficient (Wildman–Crippen LogP) is 3.16. The zero-order chi connectivity index (χ0) is 17.9. The molecule has 8 heteroatoms. The summed E-state index contributed by atoms with van der Waals surface area (Å²) in [5.41, 5.74) is 0.885. The van der Waals surface area contributed by atoms with E-state index < -0.39 is 5.82 Å². The lowest BCUT2D eigenvalue weighted by atomic mass is 9.79. The van der Waals surface area contributed by atoms with Crippen LogP contribution in [0.2, 0.25) is 5.02 Å². The van der Waals surface area contributed by atoms with Crippen molar-refractivity contribution < 1.29 is 9.18 Å². The number of nitrogens with zero attached hydrogens (tertiary/aromatic N) is 2. The predicted molar refractivity (Wildman–Crippen MR) is 113 cm³/mol. The third kappa shape index (κ3) is 5.00. The highest BCUT2D eigenvalue weighted by Gasteiger charge is 2.42. The van der Waals surface area contributed by atoms with Crippen molar-refractivity contribution >= 4 is 47.4 Å². The highest BCUT2D eigenvalue weighted by Crippen LogP contribution is 2.36. The van der Waals surface area contributed by atoms with Gasteiger partial charge in [0.15, 0.2) is 5.96 Å². The standard InChI is InChI=1S/C18H24ClFN4O.HI/c1-2-21-17(22-10-13-4-5-15(20)14(19)8-13)24-7-3-6-18(12-24)9-16(25)23-11-18;/h4-5,8H,2-3,6-7,9-12H2,1H3,(H,21,22)(H,23,25);1H. The lowest BCUT2D eigenvalue weighted by Crippen LogP contribution is -2.51.